The molecule has 1 N–H and O–H groups in total. The van der Waals surface area contributed by atoms with Crippen molar-refractivity contribution in [2.45, 2.75) is 0 Å². The van der Waals surface area contributed by atoms with Gasteiger partial charge in [-0.05, 0) is 53.1 Å². The zero-order valence-electron chi connectivity index (χ0n) is 19.3. The highest BCUT2D eigenvalue weighted by atomic mass is 16.5. The van der Waals surface area contributed by atoms with Gasteiger partial charge in [0, 0.05) is 5.39 Å². The highest BCUT2D eigenvalue weighted by Crippen LogP contribution is 2.32. The van der Waals surface area contributed by atoms with Crippen LogP contribution in [0.2, 0.25) is 0 Å². The summed E-state index contributed by atoms with van der Waals surface area (Å²) in [4.78, 5) is 34.1. The molecule has 0 bridgehead atoms. The van der Waals surface area contributed by atoms with E-state index in [1.165, 1.54) is 0 Å². The zero-order valence-corrected chi connectivity index (χ0v) is 19.3. The summed E-state index contributed by atoms with van der Waals surface area (Å²) >= 11 is 0. The van der Waals surface area contributed by atoms with Crippen LogP contribution in [-0.4, -0.2) is 17.1 Å². The maximum Gasteiger partial charge on any atom is 0.345 e. The fourth-order valence-electron chi connectivity index (χ4n) is 4.42. The number of pyridine rings is 2. The number of nitrogens with one attached hydrogen (secondary N) is 1. The molecule has 174 valence electrons. The molecular formula is C30H20N2O4. The van der Waals surface area contributed by atoms with E-state index in [4.69, 9.17) is 14.1 Å². The van der Waals surface area contributed by atoms with Crippen molar-refractivity contribution in [2.75, 3.05) is 7.11 Å². The number of para-hydroxylation sites is 1. The summed E-state index contributed by atoms with van der Waals surface area (Å²) in [5, 5.41) is 1.23. The average molecular weight is 473 g/mol. The molecule has 36 heavy (non-hydrogen) atoms. The number of benzene rings is 3. The summed E-state index contributed by atoms with van der Waals surface area (Å²) in [7, 11) is 1.60. The molecule has 6 rings (SSSR count). The predicted molar refractivity (Wildman–Crippen MR) is 141 cm³/mol. The number of hydrogen-bond donors (Lipinski definition) is 1. The third-order valence-electron chi connectivity index (χ3n) is 6.21. The SMILES string of the molecule is COc1ccc(-c2cc(-c3cc4ccccc4oc3=O)nc3cc(-c4ccccc4)[nH]c(=O)c23)cc1. The minimum atomic E-state index is -0.491. The lowest BCUT2D eigenvalue weighted by Crippen LogP contribution is -2.11. The molecular weight excluding hydrogens is 452 g/mol. The molecule has 0 aliphatic carbocycles. The molecule has 0 radical (unpaired) electrons. The molecule has 0 saturated carbocycles. The fraction of sp³-hybridized carbons (Fsp3) is 0.0333. The molecule has 3 heterocycles. The summed E-state index contributed by atoms with van der Waals surface area (Å²) in [6, 6.07) is 29.7. The lowest BCUT2D eigenvalue weighted by Gasteiger charge is -2.12. The second-order valence-electron chi connectivity index (χ2n) is 8.41. The molecule has 0 saturated heterocycles. The number of aromatic nitrogens is 2. The Bertz CT molecular complexity index is 1850. The number of hydrogen-bond acceptors (Lipinski definition) is 5. The highest BCUT2D eigenvalue weighted by Gasteiger charge is 2.17. The molecule has 0 atom stereocenters. The van der Waals surface area contributed by atoms with Crippen LogP contribution >= 0.6 is 0 Å². The molecule has 6 nitrogen and oxygen atoms in total. The Morgan fingerprint density at radius 3 is 2.31 bits per heavy atom. The van der Waals surface area contributed by atoms with Gasteiger partial charge in [0.25, 0.3) is 5.56 Å². The van der Waals surface area contributed by atoms with Gasteiger partial charge in [0.2, 0.25) is 0 Å². The lowest BCUT2D eigenvalue weighted by atomic mass is 9.98. The van der Waals surface area contributed by atoms with Gasteiger partial charge in [-0.15, -0.1) is 0 Å². The van der Waals surface area contributed by atoms with E-state index < -0.39 is 5.63 Å². The fourth-order valence-corrected chi connectivity index (χ4v) is 4.42. The summed E-state index contributed by atoms with van der Waals surface area (Å²) in [5.74, 6) is 0.702. The Labute approximate surface area is 205 Å². The Morgan fingerprint density at radius 2 is 1.53 bits per heavy atom. The molecule has 0 aliphatic heterocycles. The van der Waals surface area contributed by atoms with Gasteiger partial charge in [0.15, 0.2) is 0 Å². The number of fused-ring (bicyclic) bond motifs is 2. The molecule has 3 aromatic heterocycles. The van der Waals surface area contributed by atoms with Gasteiger partial charge in [0.1, 0.15) is 11.3 Å². The van der Waals surface area contributed by atoms with Crippen LogP contribution in [0, 0.1) is 0 Å². The second-order valence-corrected chi connectivity index (χ2v) is 8.41. The molecule has 6 aromatic rings. The Morgan fingerprint density at radius 1 is 0.778 bits per heavy atom. The van der Waals surface area contributed by atoms with E-state index in [0.717, 1.165) is 16.5 Å². The third-order valence-corrected chi connectivity index (χ3v) is 6.21. The van der Waals surface area contributed by atoms with Crippen LogP contribution < -0.4 is 15.9 Å². The molecule has 6 heteroatoms. The minimum Gasteiger partial charge on any atom is -0.497 e. The lowest BCUT2D eigenvalue weighted by molar-refractivity contribution is 0.415. The van der Waals surface area contributed by atoms with Crippen molar-refractivity contribution in [2.24, 2.45) is 0 Å². The molecule has 0 spiro atoms. The first-order chi connectivity index (χ1) is 17.6. The van der Waals surface area contributed by atoms with Crippen molar-refractivity contribution < 1.29 is 9.15 Å². The van der Waals surface area contributed by atoms with E-state index in [1.54, 1.807) is 25.3 Å². The Kier molecular flexibility index (Phi) is 5.19. The molecule has 0 unspecified atom stereocenters. The topological polar surface area (TPSA) is 85.2 Å². The Hall–Kier alpha value is -4.97. The van der Waals surface area contributed by atoms with Crippen molar-refractivity contribution in [3.8, 4) is 39.4 Å². The molecule has 0 amide bonds. The van der Waals surface area contributed by atoms with Crippen molar-refractivity contribution in [3.05, 3.63) is 118 Å². The average Bonchev–Trinajstić information content (AvgIpc) is 2.92. The zero-order chi connectivity index (χ0) is 24.6. The number of rotatable bonds is 4. The first-order valence-corrected chi connectivity index (χ1v) is 11.4. The third kappa shape index (κ3) is 3.75. The number of aromatic amines is 1. The van der Waals surface area contributed by atoms with Gasteiger partial charge in [0.05, 0.1) is 35.0 Å². The normalized spacial score (nSPS) is 11.1. The van der Waals surface area contributed by atoms with Crippen molar-refractivity contribution in [1.82, 2.24) is 9.97 Å². The summed E-state index contributed by atoms with van der Waals surface area (Å²) in [6.07, 6.45) is 0. The van der Waals surface area contributed by atoms with Crippen LogP contribution in [0.3, 0.4) is 0 Å². The van der Waals surface area contributed by atoms with Crippen LogP contribution in [0.25, 0.3) is 55.5 Å². The first kappa shape index (κ1) is 21.6. The van der Waals surface area contributed by atoms with Gasteiger partial charge < -0.3 is 14.1 Å². The highest BCUT2D eigenvalue weighted by molar-refractivity contribution is 5.97. The van der Waals surface area contributed by atoms with Gasteiger partial charge >= 0.3 is 5.63 Å². The van der Waals surface area contributed by atoms with Crippen LogP contribution in [0.1, 0.15) is 0 Å². The predicted octanol–water partition coefficient (Wildman–Crippen LogP) is 6.04. The number of nitrogens with zero attached hydrogens (tertiary/aromatic N) is 1. The first-order valence-electron chi connectivity index (χ1n) is 11.4. The van der Waals surface area contributed by atoms with E-state index in [2.05, 4.69) is 4.98 Å². The van der Waals surface area contributed by atoms with Gasteiger partial charge in [-0.1, -0.05) is 60.7 Å². The minimum absolute atomic E-state index is 0.262. The maximum absolute atomic E-state index is 13.4. The van der Waals surface area contributed by atoms with Crippen molar-refractivity contribution in [1.29, 1.82) is 0 Å². The summed E-state index contributed by atoms with van der Waals surface area (Å²) in [6.45, 7) is 0. The van der Waals surface area contributed by atoms with Crippen molar-refractivity contribution >= 4 is 21.9 Å². The van der Waals surface area contributed by atoms with Crippen LogP contribution in [-0.2, 0) is 0 Å². The molecule has 0 fully saturated rings. The monoisotopic (exact) mass is 472 g/mol. The molecule has 3 aromatic carbocycles. The number of H-pyrrole nitrogens is 1. The van der Waals surface area contributed by atoms with Gasteiger partial charge in [-0.25, -0.2) is 9.78 Å². The van der Waals surface area contributed by atoms with E-state index in [1.807, 2.05) is 78.9 Å². The largest absolute Gasteiger partial charge is 0.497 e. The van der Waals surface area contributed by atoms with E-state index >= 15 is 0 Å². The van der Waals surface area contributed by atoms with E-state index in [9.17, 15) is 9.59 Å². The summed E-state index contributed by atoms with van der Waals surface area (Å²) in [5.41, 5.74) is 3.95. The second kappa shape index (κ2) is 8.67. The smallest absolute Gasteiger partial charge is 0.345 e. The maximum atomic E-state index is 13.4. The van der Waals surface area contributed by atoms with E-state index in [0.29, 0.717) is 44.8 Å². The van der Waals surface area contributed by atoms with Gasteiger partial charge in [-0.3, -0.25) is 4.79 Å². The molecule has 0 aliphatic rings. The Balaban J connectivity index is 1.66. The number of ether oxygens (including phenoxy) is 1. The standard InChI is InChI=1S/C30H20N2O4/c1-35-21-13-11-18(12-14-21)22-16-25(23-15-20-9-5-6-10-27(20)36-30(23)34)31-26-17-24(32-29(33)28(22)26)19-7-3-2-4-8-19/h2-17H,1H3,(H,32,33). The number of methoxy groups -OCH3 is 1. The quantitative estimate of drug-likeness (QED) is 0.316. The van der Waals surface area contributed by atoms with Crippen LogP contribution in [0.5, 0.6) is 5.75 Å². The summed E-state index contributed by atoms with van der Waals surface area (Å²) < 4.78 is 10.9. The van der Waals surface area contributed by atoms with Gasteiger partial charge in [-0.2, -0.15) is 0 Å². The van der Waals surface area contributed by atoms with E-state index in [-0.39, 0.29) is 5.56 Å². The van der Waals surface area contributed by atoms with Crippen LogP contribution in [0.15, 0.2) is 111 Å². The van der Waals surface area contributed by atoms with Crippen molar-refractivity contribution in [3.63, 3.8) is 0 Å². The van der Waals surface area contributed by atoms with Crippen LogP contribution in [0.4, 0.5) is 0 Å².